The summed E-state index contributed by atoms with van der Waals surface area (Å²) in [5.74, 6) is 1.05. The van der Waals surface area contributed by atoms with Crippen molar-refractivity contribution >= 4 is 45.1 Å². The first-order chi connectivity index (χ1) is 13.2. The number of fused-ring (bicyclic) bond motifs is 2. The number of anilines is 2. The molecule has 144 valence electrons. The van der Waals surface area contributed by atoms with Crippen molar-refractivity contribution in [2.45, 2.75) is 18.9 Å². The van der Waals surface area contributed by atoms with Gasteiger partial charge in [-0.3, -0.25) is 4.90 Å². The van der Waals surface area contributed by atoms with Crippen molar-refractivity contribution in [1.29, 1.82) is 0 Å². The van der Waals surface area contributed by atoms with E-state index in [1.165, 1.54) is 5.56 Å². The number of rotatable bonds is 4. The van der Waals surface area contributed by atoms with E-state index in [2.05, 4.69) is 33.6 Å². The molecule has 2 aliphatic heterocycles. The van der Waals surface area contributed by atoms with Crippen molar-refractivity contribution in [2.75, 3.05) is 45.7 Å². The fraction of sp³-hybridized carbons (Fsp3) is 0.450. The van der Waals surface area contributed by atoms with E-state index in [9.17, 15) is 0 Å². The molecule has 0 aliphatic carbocycles. The summed E-state index contributed by atoms with van der Waals surface area (Å²) in [4.78, 5) is 9.94. The second kappa shape index (κ2) is 8.19. The van der Waals surface area contributed by atoms with Gasteiger partial charge < -0.3 is 15.0 Å². The number of hydrogen-bond acceptors (Lipinski definition) is 6. The largest absolute Gasteiger partial charge is 0.385 e. The van der Waals surface area contributed by atoms with Crippen LogP contribution in [0.5, 0.6) is 0 Å². The Balaban J connectivity index is 1.64. The molecule has 0 bridgehead atoms. The van der Waals surface area contributed by atoms with Crippen LogP contribution < -0.4 is 5.32 Å². The normalized spacial score (nSPS) is 19.7. The highest BCUT2D eigenvalue weighted by molar-refractivity contribution is 7.14. The van der Waals surface area contributed by atoms with Crippen LogP contribution in [0, 0.1) is 0 Å². The summed E-state index contributed by atoms with van der Waals surface area (Å²) in [5.41, 5.74) is 3.08. The van der Waals surface area contributed by atoms with E-state index in [4.69, 9.17) is 21.3 Å². The molecule has 4 rings (SSSR count). The summed E-state index contributed by atoms with van der Waals surface area (Å²) >= 11 is 7.95. The molecule has 1 fully saturated rings. The molecule has 5 nitrogen and oxygen atoms in total. The Morgan fingerprint density at radius 2 is 2.22 bits per heavy atom. The Bertz CT molecular complexity index is 837. The summed E-state index contributed by atoms with van der Waals surface area (Å²) in [6, 6.07) is 8.52. The second-order valence-corrected chi connectivity index (χ2v) is 8.45. The van der Waals surface area contributed by atoms with Gasteiger partial charge in [0.1, 0.15) is 10.8 Å². The number of amidine groups is 1. The number of benzene rings is 1. The molecule has 3 heterocycles. The van der Waals surface area contributed by atoms with E-state index in [1.807, 2.05) is 18.2 Å². The topological polar surface area (TPSA) is 40.1 Å². The fourth-order valence-corrected chi connectivity index (χ4v) is 4.70. The van der Waals surface area contributed by atoms with E-state index < -0.39 is 0 Å². The van der Waals surface area contributed by atoms with Gasteiger partial charge in [0.15, 0.2) is 0 Å². The molecule has 1 atom stereocenters. The van der Waals surface area contributed by atoms with Crippen LogP contribution in [0.25, 0.3) is 0 Å². The predicted molar refractivity (Wildman–Crippen MR) is 114 cm³/mol. The molecule has 0 saturated carbocycles. The van der Waals surface area contributed by atoms with Crippen LogP contribution in [0.3, 0.4) is 0 Å². The van der Waals surface area contributed by atoms with E-state index >= 15 is 0 Å². The summed E-state index contributed by atoms with van der Waals surface area (Å²) < 4.78 is 5.24. The number of nitrogens with zero attached hydrogens (tertiary/aromatic N) is 3. The smallest absolute Gasteiger partial charge is 0.139 e. The summed E-state index contributed by atoms with van der Waals surface area (Å²) in [7, 11) is 3.99. The zero-order valence-corrected chi connectivity index (χ0v) is 17.3. The lowest BCUT2D eigenvalue weighted by Crippen LogP contribution is -2.53. The van der Waals surface area contributed by atoms with Crippen LogP contribution in [0.1, 0.15) is 18.4 Å². The average molecular weight is 405 g/mol. The molecular weight excluding hydrogens is 380 g/mol. The molecule has 0 spiro atoms. The van der Waals surface area contributed by atoms with Gasteiger partial charge in [-0.1, -0.05) is 11.6 Å². The second-order valence-electron chi connectivity index (χ2n) is 7.10. The minimum Gasteiger partial charge on any atom is -0.385 e. The summed E-state index contributed by atoms with van der Waals surface area (Å²) in [5, 5.41) is 7.51. The van der Waals surface area contributed by atoms with Crippen LogP contribution in [-0.2, 0) is 4.74 Å². The van der Waals surface area contributed by atoms with Gasteiger partial charge in [0.25, 0.3) is 0 Å². The number of thiophene rings is 1. The van der Waals surface area contributed by atoms with Crippen LogP contribution in [-0.4, -0.2) is 62.1 Å². The minimum absolute atomic E-state index is 0.508. The number of methoxy groups -OCH3 is 1. The van der Waals surface area contributed by atoms with Crippen molar-refractivity contribution in [2.24, 2.45) is 4.99 Å². The number of ether oxygens (including phenoxy) is 1. The molecule has 7 heteroatoms. The molecule has 2 aromatic rings. The average Bonchev–Trinajstić information content (AvgIpc) is 3.05. The maximum atomic E-state index is 6.24. The Labute approximate surface area is 169 Å². The van der Waals surface area contributed by atoms with Crippen LogP contribution >= 0.6 is 22.9 Å². The predicted octanol–water partition coefficient (Wildman–Crippen LogP) is 4.58. The van der Waals surface area contributed by atoms with E-state index in [-0.39, 0.29) is 0 Å². The molecule has 27 heavy (non-hydrogen) atoms. The lowest BCUT2D eigenvalue weighted by molar-refractivity contribution is 0.119. The third-order valence-electron chi connectivity index (χ3n) is 5.30. The van der Waals surface area contributed by atoms with Gasteiger partial charge >= 0.3 is 0 Å². The molecule has 1 saturated heterocycles. The first kappa shape index (κ1) is 18.7. The Morgan fingerprint density at radius 1 is 1.33 bits per heavy atom. The van der Waals surface area contributed by atoms with E-state index in [1.54, 1.807) is 18.4 Å². The van der Waals surface area contributed by atoms with Gasteiger partial charge in [-0.25, -0.2) is 4.99 Å². The van der Waals surface area contributed by atoms with Crippen molar-refractivity contribution < 1.29 is 4.74 Å². The molecule has 1 aromatic heterocycles. The third kappa shape index (κ3) is 3.99. The van der Waals surface area contributed by atoms with Crippen molar-refractivity contribution in [3.05, 3.63) is 40.2 Å². The SMILES string of the molecule is COCCCC1CN(C2=Nc3cc(Cl)ccc3Nc3sccc32)CCN1C. The zero-order chi connectivity index (χ0) is 18.8. The highest BCUT2D eigenvalue weighted by Gasteiger charge is 2.29. The van der Waals surface area contributed by atoms with Crippen LogP contribution in [0.2, 0.25) is 5.02 Å². The van der Waals surface area contributed by atoms with Gasteiger partial charge in [-0.15, -0.1) is 11.3 Å². The molecule has 2 aliphatic rings. The molecule has 0 amide bonds. The fourth-order valence-electron chi connectivity index (χ4n) is 3.74. The van der Waals surface area contributed by atoms with E-state index in [0.29, 0.717) is 11.1 Å². The summed E-state index contributed by atoms with van der Waals surface area (Å²) in [6.45, 7) is 3.80. The Morgan fingerprint density at radius 3 is 3.07 bits per heavy atom. The van der Waals surface area contributed by atoms with Gasteiger partial charge in [0, 0.05) is 44.4 Å². The van der Waals surface area contributed by atoms with E-state index in [0.717, 1.165) is 61.3 Å². The van der Waals surface area contributed by atoms with Gasteiger partial charge in [-0.05, 0) is 49.5 Å². The van der Waals surface area contributed by atoms with Crippen LogP contribution in [0.4, 0.5) is 16.4 Å². The molecule has 1 N–H and O–H groups in total. The minimum atomic E-state index is 0.508. The molecule has 0 radical (unpaired) electrons. The first-order valence-corrected chi connectivity index (χ1v) is 10.6. The summed E-state index contributed by atoms with van der Waals surface area (Å²) in [6.07, 6.45) is 2.21. The number of aliphatic imine (C=N–C) groups is 1. The Kier molecular flexibility index (Phi) is 5.68. The van der Waals surface area contributed by atoms with Gasteiger partial charge in [0.05, 0.1) is 16.9 Å². The Hall–Kier alpha value is -1.60. The maximum Gasteiger partial charge on any atom is 0.139 e. The van der Waals surface area contributed by atoms with Gasteiger partial charge in [-0.2, -0.15) is 0 Å². The monoisotopic (exact) mass is 404 g/mol. The van der Waals surface area contributed by atoms with Crippen molar-refractivity contribution in [1.82, 2.24) is 9.80 Å². The quantitative estimate of drug-likeness (QED) is 0.757. The molecule has 1 unspecified atom stereocenters. The highest BCUT2D eigenvalue weighted by Crippen LogP contribution is 2.39. The number of hydrogen-bond donors (Lipinski definition) is 1. The standard InChI is InChI=1S/C20H25ClN4OS/c1-24-8-9-25(13-15(24)4-3-10-26-2)19-16-7-11-27-20(16)23-17-6-5-14(21)12-18(17)22-19/h5-7,11-12,15,23H,3-4,8-10,13H2,1-2H3. The third-order valence-corrected chi connectivity index (χ3v) is 6.37. The van der Waals surface area contributed by atoms with Crippen molar-refractivity contribution in [3.8, 4) is 0 Å². The zero-order valence-electron chi connectivity index (χ0n) is 15.7. The van der Waals surface area contributed by atoms with Gasteiger partial charge in [0.2, 0.25) is 0 Å². The number of nitrogens with one attached hydrogen (secondary N) is 1. The molecular formula is C20H25ClN4OS. The number of halogens is 1. The van der Waals surface area contributed by atoms with Crippen LogP contribution in [0.15, 0.2) is 34.6 Å². The lowest BCUT2D eigenvalue weighted by atomic mass is 10.1. The number of piperazine rings is 1. The lowest BCUT2D eigenvalue weighted by Gasteiger charge is -2.41. The first-order valence-electron chi connectivity index (χ1n) is 9.33. The highest BCUT2D eigenvalue weighted by atomic mass is 35.5. The maximum absolute atomic E-state index is 6.24. The number of likely N-dealkylation sites (N-methyl/N-ethyl adjacent to an activating group) is 1. The molecule has 1 aromatic carbocycles. The van der Waals surface area contributed by atoms with Crippen molar-refractivity contribution in [3.63, 3.8) is 0 Å².